The molecule has 1 aromatic carbocycles. The molecule has 1 aromatic rings. The molecule has 2 atom stereocenters. The molecule has 0 saturated heterocycles. The molecule has 17 heavy (non-hydrogen) atoms. The van der Waals surface area contributed by atoms with Gasteiger partial charge in [0.05, 0.1) is 5.92 Å². The molecular weight excluding hydrogens is 214 g/mol. The van der Waals surface area contributed by atoms with Crippen molar-refractivity contribution < 1.29 is 9.90 Å². The Morgan fingerprint density at radius 2 is 2.00 bits per heavy atom. The molecule has 1 saturated carbocycles. The van der Waals surface area contributed by atoms with Crippen LogP contribution in [0.1, 0.15) is 25.3 Å². The van der Waals surface area contributed by atoms with Gasteiger partial charge in [0.25, 0.3) is 0 Å². The van der Waals surface area contributed by atoms with E-state index in [1.807, 2.05) is 51.0 Å². The minimum atomic E-state index is -0.685. The van der Waals surface area contributed by atoms with E-state index in [1.54, 1.807) is 0 Å². The predicted molar refractivity (Wildman–Crippen MR) is 68.4 cm³/mol. The Morgan fingerprint density at radius 3 is 2.47 bits per heavy atom. The van der Waals surface area contributed by atoms with Gasteiger partial charge in [-0.15, -0.1) is 0 Å². The van der Waals surface area contributed by atoms with Gasteiger partial charge in [0.2, 0.25) is 0 Å². The molecule has 2 rings (SSSR count). The van der Waals surface area contributed by atoms with Crippen molar-refractivity contribution in [1.82, 2.24) is 0 Å². The van der Waals surface area contributed by atoms with E-state index < -0.39 is 5.97 Å². The molecule has 0 heterocycles. The minimum absolute atomic E-state index is 0.128. The van der Waals surface area contributed by atoms with Crippen LogP contribution in [0.15, 0.2) is 24.3 Å². The monoisotopic (exact) mass is 233 g/mol. The Labute approximate surface area is 102 Å². The van der Waals surface area contributed by atoms with E-state index in [-0.39, 0.29) is 17.3 Å². The van der Waals surface area contributed by atoms with Crippen molar-refractivity contribution in [3.63, 3.8) is 0 Å². The van der Waals surface area contributed by atoms with Crippen LogP contribution in [0.2, 0.25) is 0 Å². The van der Waals surface area contributed by atoms with Crippen LogP contribution in [0.3, 0.4) is 0 Å². The van der Waals surface area contributed by atoms with Gasteiger partial charge in [-0.25, -0.2) is 0 Å². The molecule has 0 unspecified atom stereocenters. The number of rotatable bonds is 3. The molecule has 1 aliphatic rings. The van der Waals surface area contributed by atoms with E-state index in [1.165, 1.54) is 0 Å². The summed E-state index contributed by atoms with van der Waals surface area (Å²) in [7, 11) is 3.98. The molecular formula is C14H19NO2. The van der Waals surface area contributed by atoms with Gasteiger partial charge < -0.3 is 10.0 Å². The Bertz CT molecular complexity index is 451. The van der Waals surface area contributed by atoms with Gasteiger partial charge in [-0.3, -0.25) is 4.79 Å². The van der Waals surface area contributed by atoms with Crippen molar-refractivity contribution >= 4 is 11.7 Å². The van der Waals surface area contributed by atoms with E-state index in [2.05, 4.69) is 6.07 Å². The van der Waals surface area contributed by atoms with Gasteiger partial charge in [-0.2, -0.15) is 0 Å². The first-order valence-corrected chi connectivity index (χ1v) is 5.86. The average Bonchev–Trinajstić information content (AvgIpc) is 2.82. The lowest BCUT2D eigenvalue weighted by molar-refractivity contribution is -0.139. The number of carbonyl (C=O) groups is 1. The summed E-state index contributed by atoms with van der Waals surface area (Å²) < 4.78 is 0. The summed E-state index contributed by atoms with van der Waals surface area (Å²) in [6, 6.07) is 8.16. The normalized spacial score (nSPS) is 25.4. The van der Waals surface area contributed by atoms with Crippen molar-refractivity contribution in [2.75, 3.05) is 19.0 Å². The fourth-order valence-electron chi connectivity index (χ4n) is 2.72. The first-order valence-electron chi connectivity index (χ1n) is 5.86. The van der Waals surface area contributed by atoms with Crippen molar-refractivity contribution in [2.24, 2.45) is 11.3 Å². The van der Waals surface area contributed by atoms with Crippen LogP contribution in [0.25, 0.3) is 0 Å². The molecule has 0 spiro atoms. The zero-order valence-electron chi connectivity index (χ0n) is 10.8. The summed E-state index contributed by atoms with van der Waals surface area (Å²) in [5, 5.41) is 9.19. The highest BCUT2D eigenvalue weighted by Crippen LogP contribution is 2.64. The van der Waals surface area contributed by atoms with E-state index in [0.717, 1.165) is 11.3 Å². The largest absolute Gasteiger partial charge is 0.481 e. The summed E-state index contributed by atoms with van der Waals surface area (Å²) in [4.78, 5) is 13.2. The van der Waals surface area contributed by atoms with Crippen LogP contribution < -0.4 is 4.90 Å². The predicted octanol–water partition coefficient (Wildman–Crippen LogP) is 2.58. The highest BCUT2D eigenvalue weighted by Gasteiger charge is 2.62. The molecule has 1 aliphatic carbocycles. The Hall–Kier alpha value is -1.51. The molecule has 0 aromatic heterocycles. The van der Waals surface area contributed by atoms with Crippen LogP contribution in [-0.2, 0) is 4.79 Å². The van der Waals surface area contributed by atoms with Crippen molar-refractivity contribution in [1.29, 1.82) is 0 Å². The highest BCUT2D eigenvalue weighted by atomic mass is 16.4. The number of aliphatic carboxylic acids is 1. The van der Waals surface area contributed by atoms with Crippen molar-refractivity contribution in [3.8, 4) is 0 Å². The second kappa shape index (κ2) is 3.76. The first kappa shape index (κ1) is 12.0. The second-order valence-electron chi connectivity index (χ2n) is 5.60. The van der Waals surface area contributed by atoms with Crippen LogP contribution in [0.5, 0.6) is 0 Å². The van der Waals surface area contributed by atoms with Crippen LogP contribution in [-0.4, -0.2) is 25.2 Å². The molecule has 92 valence electrons. The lowest BCUT2D eigenvalue weighted by Crippen LogP contribution is -2.08. The maximum atomic E-state index is 11.2. The lowest BCUT2D eigenvalue weighted by Gasteiger charge is -2.14. The van der Waals surface area contributed by atoms with Gasteiger partial charge in [-0.1, -0.05) is 26.0 Å². The zero-order valence-corrected chi connectivity index (χ0v) is 10.8. The molecule has 1 fully saturated rings. The van der Waals surface area contributed by atoms with Crippen LogP contribution >= 0.6 is 0 Å². The zero-order chi connectivity index (χ0) is 12.8. The number of carboxylic acid groups (broad SMARTS) is 1. The summed E-state index contributed by atoms with van der Waals surface area (Å²) in [5.74, 6) is -0.796. The number of carboxylic acids is 1. The summed E-state index contributed by atoms with van der Waals surface area (Å²) >= 11 is 0. The number of anilines is 1. The van der Waals surface area contributed by atoms with E-state index in [9.17, 15) is 9.90 Å². The summed E-state index contributed by atoms with van der Waals surface area (Å²) in [6.45, 7) is 4.05. The molecule has 3 heteroatoms. The quantitative estimate of drug-likeness (QED) is 0.872. The Kier molecular flexibility index (Phi) is 2.64. The third-order valence-electron chi connectivity index (χ3n) is 3.84. The number of nitrogens with zero attached hydrogens (tertiary/aromatic N) is 1. The number of hydrogen-bond donors (Lipinski definition) is 1. The number of benzene rings is 1. The van der Waals surface area contributed by atoms with Crippen molar-refractivity contribution in [2.45, 2.75) is 19.8 Å². The molecule has 0 bridgehead atoms. The Morgan fingerprint density at radius 1 is 1.35 bits per heavy atom. The summed E-state index contributed by atoms with van der Waals surface area (Å²) in [6.07, 6.45) is 0. The smallest absolute Gasteiger partial charge is 0.307 e. The van der Waals surface area contributed by atoms with Crippen LogP contribution in [0, 0.1) is 11.3 Å². The van der Waals surface area contributed by atoms with E-state index in [4.69, 9.17) is 0 Å². The molecule has 0 aliphatic heterocycles. The minimum Gasteiger partial charge on any atom is -0.481 e. The van der Waals surface area contributed by atoms with Gasteiger partial charge in [0, 0.05) is 25.7 Å². The van der Waals surface area contributed by atoms with Crippen LogP contribution in [0.4, 0.5) is 5.69 Å². The third-order valence-corrected chi connectivity index (χ3v) is 3.84. The maximum Gasteiger partial charge on any atom is 0.307 e. The molecule has 0 radical (unpaired) electrons. The molecule has 0 amide bonds. The van der Waals surface area contributed by atoms with Crippen molar-refractivity contribution in [3.05, 3.63) is 29.8 Å². The molecule has 3 nitrogen and oxygen atoms in total. The third kappa shape index (κ3) is 1.90. The van der Waals surface area contributed by atoms with Gasteiger partial charge >= 0.3 is 5.97 Å². The molecule has 1 N–H and O–H groups in total. The standard InChI is InChI=1S/C14H19NO2/c1-14(2)11(12(14)13(16)17)9-6-5-7-10(8-9)15(3)4/h5-8,11-12H,1-4H3,(H,16,17)/t11-,12+/m1/s1. The average molecular weight is 233 g/mol. The fourth-order valence-corrected chi connectivity index (χ4v) is 2.72. The van der Waals surface area contributed by atoms with Gasteiger partial charge in [0.15, 0.2) is 0 Å². The topological polar surface area (TPSA) is 40.5 Å². The summed E-state index contributed by atoms with van der Waals surface area (Å²) in [5.41, 5.74) is 2.12. The van der Waals surface area contributed by atoms with Gasteiger partial charge in [0.1, 0.15) is 0 Å². The van der Waals surface area contributed by atoms with E-state index in [0.29, 0.717) is 0 Å². The maximum absolute atomic E-state index is 11.2. The first-order chi connectivity index (χ1) is 7.85. The number of hydrogen-bond acceptors (Lipinski definition) is 2. The Balaban J connectivity index is 2.31. The second-order valence-corrected chi connectivity index (χ2v) is 5.60. The SMILES string of the molecule is CN(C)c1cccc([C@@H]2[C@@H](C(=O)O)C2(C)C)c1. The van der Waals surface area contributed by atoms with E-state index >= 15 is 0 Å². The van der Waals surface area contributed by atoms with Gasteiger partial charge in [-0.05, 0) is 23.1 Å². The lowest BCUT2D eigenvalue weighted by atomic mass is 10.0. The highest BCUT2D eigenvalue weighted by molar-refractivity contribution is 5.77. The fraction of sp³-hybridized carbons (Fsp3) is 0.500.